The van der Waals surface area contributed by atoms with Crippen molar-refractivity contribution in [2.75, 3.05) is 14.2 Å². The molecule has 0 aliphatic rings. The first-order valence-electron chi connectivity index (χ1n) is 6.25. The first kappa shape index (κ1) is 15.2. The molecule has 2 aromatic rings. The van der Waals surface area contributed by atoms with Crippen molar-refractivity contribution in [1.82, 2.24) is 0 Å². The second-order valence-electron chi connectivity index (χ2n) is 4.38. The summed E-state index contributed by atoms with van der Waals surface area (Å²) in [5, 5.41) is 0.750. The van der Waals surface area contributed by atoms with Crippen LogP contribution in [0.2, 0.25) is 5.02 Å². The highest BCUT2D eigenvalue weighted by Gasteiger charge is 2.17. The van der Waals surface area contributed by atoms with E-state index >= 15 is 0 Å². The molecule has 1 unspecified atom stereocenters. The van der Waals surface area contributed by atoms with Gasteiger partial charge in [0.1, 0.15) is 0 Å². The monoisotopic (exact) mass is 354 g/mol. The molecular formula is C16H16BrClO2. The molecule has 1 atom stereocenters. The van der Waals surface area contributed by atoms with E-state index in [1.165, 1.54) is 5.56 Å². The van der Waals surface area contributed by atoms with Gasteiger partial charge in [0.05, 0.1) is 14.2 Å². The zero-order valence-corrected chi connectivity index (χ0v) is 13.7. The van der Waals surface area contributed by atoms with Crippen LogP contribution in [0.25, 0.3) is 0 Å². The van der Waals surface area contributed by atoms with Crippen molar-refractivity contribution in [2.24, 2.45) is 0 Å². The van der Waals surface area contributed by atoms with E-state index in [4.69, 9.17) is 21.1 Å². The molecule has 0 spiro atoms. The molecule has 20 heavy (non-hydrogen) atoms. The standard InChI is InChI=1S/C16H16BrClO2/c1-19-15-8-4-7-13(16(15)20-2)14(17)10-11-5-3-6-12(18)9-11/h3-9,14H,10H2,1-2H3. The lowest BCUT2D eigenvalue weighted by atomic mass is 10.0. The maximum absolute atomic E-state index is 6.02. The molecule has 0 amide bonds. The van der Waals surface area contributed by atoms with E-state index in [0.29, 0.717) is 0 Å². The summed E-state index contributed by atoms with van der Waals surface area (Å²) in [5.74, 6) is 1.50. The van der Waals surface area contributed by atoms with E-state index < -0.39 is 0 Å². The molecule has 2 nitrogen and oxygen atoms in total. The van der Waals surface area contributed by atoms with Gasteiger partial charge in [-0.25, -0.2) is 0 Å². The topological polar surface area (TPSA) is 18.5 Å². The average molecular weight is 356 g/mol. The van der Waals surface area contributed by atoms with Gasteiger partial charge in [0.25, 0.3) is 0 Å². The normalized spacial score (nSPS) is 12.0. The van der Waals surface area contributed by atoms with Crippen LogP contribution in [-0.2, 0) is 6.42 Å². The average Bonchev–Trinajstić information content (AvgIpc) is 2.46. The van der Waals surface area contributed by atoms with Gasteiger partial charge in [-0.05, 0) is 30.2 Å². The Kier molecular flexibility index (Phi) is 5.32. The molecule has 2 rings (SSSR count). The fraction of sp³-hybridized carbons (Fsp3) is 0.250. The Morgan fingerprint density at radius 2 is 1.85 bits per heavy atom. The van der Waals surface area contributed by atoms with E-state index in [9.17, 15) is 0 Å². The summed E-state index contributed by atoms with van der Waals surface area (Å²) in [6.45, 7) is 0. The Hall–Kier alpha value is -1.19. The lowest BCUT2D eigenvalue weighted by Crippen LogP contribution is -2.00. The summed E-state index contributed by atoms with van der Waals surface area (Å²) >= 11 is 9.74. The minimum Gasteiger partial charge on any atom is -0.493 e. The molecule has 0 aliphatic heterocycles. The Balaban J connectivity index is 2.27. The van der Waals surface area contributed by atoms with Crippen LogP contribution in [0.15, 0.2) is 42.5 Å². The number of ether oxygens (including phenoxy) is 2. The second kappa shape index (κ2) is 7.00. The second-order valence-corrected chi connectivity index (χ2v) is 5.93. The summed E-state index contributed by atoms with van der Waals surface area (Å²) in [7, 11) is 3.29. The number of methoxy groups -OCH3 is 2. The van der Waals surface area contributed by atoms with Crippen molar-refractivity contribution in [3.8, 4) is 11.5 Å². The number of hydrogen-bond acceptors (Lipinski definition) is 2. The SMILES string of the molecule is COc1cccc(C(Br)Cc2cccc(Cl)c2)c1OC. The first-order chi connectivity index (χ1) is 9.65. The molecule has 2 aromatic carbocycles. The van der Waals surface area contributed by atoms with Crippen molar-refractivity contribution < 1.29 is 9.47 Å². The molecular weight excluding hydrogens is 340 g/mol. The van der Waals surface area contributed by atoms with Crippen LogP contribution in [-0.4, -0.2) is 14.2 Å². The highest BCUT2D eigenvalue weighted by molar-refractivity contribution is 9.09. The molecule has 4 heteroatoms. The summed E-state index contributed by atoms with van der Waals surface area (Å²) in [5.41, 5.74) is 2.23. The number of para-hydroxylation sites is 1. The van der Waals surface area contributed by atoms with E-state index in [0.717, 1.165) is 28.5 Å². The lowest BCUT2D eigenvalue weighted by Gasteiger charge is -2.17. The fourth-order valence-electron chi connectivity index (χ4n) is 2.14. The van der Waals surface area contributed by atoms with Crippen molar-refractivity contribution in [1.29, 1.82) is 0 Å². The summed E-state index contributed by atoms with van der Waals surface area (Å²) in [6, 6.07) is 13.8. The van der Waals surface area contributed by atoms with Crippen molar-refractivity contribution in [2.45, 2.75) is 11.2 Å². The number of benzene rings is 2. The number of hydrogen-bond donors (Lipinski definition) is 0. The highest BCUT2D eigenvalue weighted by atomic mass is 79.9. The van der Waals surface area contributed by atoms with Gasteiger partial charge in [-0.2, -0.15) is 0 Å². The van der Waals surface area contributed by atoms with Gasteiger partial charge >= 0.3 is 0 Å². The molecule has 0 bridgehead atoms. The minimum absolute atomic E-state index is 0.131. The third-order valence-corrected chi connectivity index (χ3v) is 4.13. The van der Waals surface area contributed by atoms with Crippen molar-refractivity contribution in [3.63, 3.8) is 0 Å². The number of alkyl halides is 1. The predicted octanol–water partition coefficient (Wildman–Crippen LogP) is 5.04. The van der Waals surface area contributed by atoms with Gasteiger partial charge in [-0.15, -0.1) is 0 Å². The van der Waals surface area contributed by atoms with E-state index in [1.807, 2.05) is 36.4 Å². The number of halogens is 2. The third kappa shape index (κ3) is 3.47. The summed E-state index contributed by atoms with van der Waals surface area (Å²) in [6.07, 6.45) is 0.823. The Morgan fingerprint density at radius 3 is 2.50 bits per heavy atom. The Morgan fingerprint density at radius 1 is 1.10 bits per heavy atom. The van der Waals surface area contributed by atoms with Crippen LogP contribution >= 0.6 is 27.5 Å². The molecule has 0 saturated heterocycles. The van der Waals surface area contributed by atoms with E-state index in [2.05, 4.69) is 22.0 Å². The highest BCUT2D eigenvalue weighted by Crippen LogP contribution is 2.39. The number of rotatable bonds is 5. The van der Waals surface area contributed by atoms with Crippen LogP contribution in [0.4, 0.5) is 0 Å². The maximum Gasteiger partial charge on any atom is 0.165 e. The molecule has 0 fully saturated rings. The van der Waals surface area contributed by atoms with Gasteiger partial charge in [0.15, 0.2) is 11.5 Å². The molecule has 0 heterocycles. The Bertz CT molecular complexity index is 586. The largest absolute Gasteiger partial charge is 0.493 e. The molecule has 0 N–H and O–H groups in total. The molecule has 106 valence electrons. The third-order valence-electron chi connectivity index (χ3n) is 3.07. The fourth-order valence-corrected chi connectivity index (χ4v) is 3.09. The van der Waals surface area contributed by atoms with Crippen LogP contribution < -0.4 is 9.47 Å². The van der Waals surface area contributed by atoms with Gasteiger partial charge in [0.2, 0.25) is 0 Å². The van der Waals surface area contributed by atoms with Gasteiger partial charge in [0, 0.05) is 15.4 Å². The zero-order valence-electron chi connectivity index (χ0n) is 11.4. The van der Waals surface area contributed by atoms with Crippen LogP contribution in [0.3, 0.4) is 0 Å². The van der Waals surface area contributed by atoms with Crippen LogP contribution in [0, 0.1) is 0 Å². The summed E-state index contributed by atoms with van der Waals surface area (Å²) < 4.78 is 10.8. The van der Waals surface area contributed by atoms with Crippen LogP contribution in [0.1, 0.15) is 16.0 Å². The molecule has 0 radical (unpaired) electrons. The molecule has 0 saturated carbocycles. The van der Waals surface area contributed by atoms with Crippen LogP contribution in [0.5, 0.6) is 11.5 Å². The molecule has 0 aliphatic carbocycles. The maximum atomic E-state index is 6.02. The van der Waals surface area contributed by atoms with Gasteiger partial charge in [-0.1, -0.05) is 51.8 Å². The van der Waals surface area contributed by atoms with Crippen molar-refractivity contribution >= 4 is 27.5 Å². The van der Waals surface area contributed by atoms with Crippen molar-refractivity contribution in [3.05, 3.63) is 58.6 Å². The zero-order chi connectivity index (χ0) is 14.5. The smallest absolute Gasteiger partial charge is 0.165 e. The quantitative estimate of drug-likeness (QED) is 0.700. The van der Waals surface area contributed by atoms with E-state index in [-0.39, 0.29) is 4.83 Å². The Labute approximate surface area is 132 Å². The molecule has 0 aromatic heterocycles. The first-order valence-corrected chi connectivity index (χ1v) is 7.54. The summed E-state index contributed by atoms with van der Waals surface area (Å²) in [4.78, 5) is 0.131. The predicted molar refractivity (Wildman–Crippen MR) is 86.4 cm³/mol. The minimum atomic E-state index is 0.131. The lowest BCUT2D eigenvalue weighted by molar-refractivity contribution is 0.351. The van der Waals surface area contributed by atoms with Gasteiger partial charge in [-0.3, -0.25) is 0 Å². The van der Waals surface area contributed by atoms with E-state index in [1.54, 1.807) is 14.2 Å². The van der Waals surface area contributed by atoms with Gasteiger partial charge < -0.3 is 9.47 Å².